The normalized spacial score (nSPS) is 11.7. The van der Waals surface area contributed by atoms with E-state index in [1.54, 1.807) is 7.05 Å². The highest BCUT2D eigenvalue weighted by Gasteiger charge is 2.29. The quantitative estimate of drug-likeness (QED) is 0.464. The van der Waals surface area contributed by atoms with E-state index in [1.807, 2.05) is 13.8 Å². The Labute approximate surface area is 162 Å². The van der Waals surface area contributed by atoms with Gasteiger partial charge in [-0.3, -0.25) is 4.99 Å². The predicted molar refractivity (Wildman–Crippen MR) is 102 cm³/mol. The van der Waals surface area contributed by atoms with Crippen LogP contribution in [0.3, 0.4) is 0 Å². The number of aromatic nitrogens is 1. The van der Waals surface area contributed by atoms with E-state index in [9.17, 15) is 13.2 Å². The lowest BCUT2D eigenvalue weighted by Gasteiger charge is -2.10. The van der Waals surface area contributed by atoms with Gasteiger partial charge in [0.1, 0.15) is 5.76 Å². The number of halogens is 3. The molecule has 0 aliphatic heterocycles. The lowest BCUT2D eigenvalue weighted by atomic mass is 10.1. The Morgan fingerprint density at radius 1 is 1.14 bits per heavy atom. The molecule has 0 amide bonds. The number of hydrogen-bond donors (Lipinski definition) is 2. The molecule has 0 bridgehead atoms. The minimum absolute atomic E-state index is 0.297. The molecule has 2 rings (SSSR count). The number of benzene rings is 1. The zero-order valence-corrected chi connectivity index (χ0v) is 16.1. The first-order chi connectivity index (χ1) is 13.4. The van der Waals surface area contributed by atoms with Gasteiger partial charge in [-0.15, -0.1) is 0 Å². The van der Waals surface area contributed by atoms with Crippen LogP contribution in [0.5, 0.6) is 0 Å². The number of alkyl halides is 3. The fraction of sp³-hybridized carbons (Fsp3) is 0.400. The fourth-order valence-electron chi connectivity index (χ4n) is 2.55. The summed E-state index contributed by atoms with van der Waals surface area (Å²) in [5.41, 5.74) is 1.78. The van der Waals surface area contributed by atoms with Crippen LogP contribution in [0, 0.1) is 11.8 Å². The first-order valence-electron chi connectivity index (χ1n) is 8.95. The van der Waals surface area contributed by atoms with Crippen molar-refractivity contribution < 1.29 is 17.7 Å². The van der Waals surface area contributed by atoms with E-state index >= 15 is 0 Å². The summed E-state index contributed by atoms with van der Waals surface area (Å²) < 4.78 is 43.0. The van der Waals surface area contributed by atoms with Crippen molar-refractivity contribution in [2.45, 2.75) is 39.4 Å². The van der Waals surface area contributed by atoms with Gasteiger partial charge in [0.15, 0.2) is 5.96 Å². The molecular formula is C20H23F3N4O. The summed E-state index contributed by atoms with van der Waals surface area (Å²) in [6, 6.07) is 4.75. The van der Waals surface area contributed by atoms with Gasteiger partial charge in [-0.25, -0.2) is 0 Å². The SMILES string of the molecule is CCc1noc(CC)c1CNC(=NC)NCC#Cc1ccc(C(F)(F)F)cc1. The molecule has 1 aromatic heterocycles. The van der Waals surface area contributed by atoms with Gasteiger partial charge in [0, 0.05) is 31.1 Å². The van der Waals surface area contributed by atoms with Crippen molar-refractivity contribution in [1.82, 2.24) is 15.8 Å². The van der Waals surface area contributed by atoms with Crippen molar-refractivity contribution >= 4 is 5.96 Å². The van der Waals surface area contributed by atoms with Gasteiger partial charge in [-0.05, 0) is 30.7 Å². The van der Waals surface area contributed by atoms with Crippen molar-refractivity contribution in [1.29, 1.82) is 0 Å². The summed E-state index contributed by atoms with van der Waals surface area (Å²) in [6.45, 7) is 4.85. The van der Waals surface area contributed by atoms with Crippen LogP contribution in [0.25, 0.3) is 0 Å². The van der Waals surface area contributed by atoms with Crippen LogP contribution in [0.4, 0.5) is 13.2 Å². The topological polar surface area (TPSA) is 62.5 Å². The molecule has 0 aliphatic rings. The van der Waals surface area contributed by atoms with Crippen molar-refractivity contribution in [3.63, 3.8) is 0 Å². The highest BCUT2D eigenvalue weighted by molar-refractivity contribution is 5.79. The molecular weight excluding hydrogens is 369 g/mol. The number of guanidine groups is 1. The van der Waals surface area contributed by atoms with Crippen LogP contribution in [0.2, 0.25) is 0 Å². The van der Waals surface area contributed by atoms with Crippen LogP contribution in [-0.4, -0.2) is 24.7 Å². The molecule has 0 saturated heterocycles. The van der Waals surface area contributed by atoms with Crippen molar-refractivity contribution in [3.8, 4) is 11.8 Å². The molecule has 2 aromatic rings. The number of nitrogens with one attached hydrogen (secondary N) is 2. The molecule has 8 heteroatoms. The van der Waals surface area contributed by atoms with Gasteiger partial charge in [0.25, 0.3) is 0 Å². The summed E-state index contributed by atoms with van der Waals surface area (Å²) in [4.78, 5) is 4.13. The number of aliphatic imine (C=N–C) groups is 1. The highest BCUT2D eigenvalue weighted by Crippen LogP contribution is 2.28. The molecule has 2 N–H and O–H groups in total. The standard InChI is InChI=1S/C20H23F3N4O/c1-4-17-16(18(5-2)28-27-17)13-26-19(24-3)25-12-6-7-14-8-10-15(11-9-14)20(21,22)23/h8-11H,4-5,12-13H2,1-3H3,(H2,24,25,26). The van der Waals surface area contributed by atoms with Crippen molar-refractivity contribution in [3.05, 3.63) is 52.4 Å². The molecule has 150 valence electrons. The maximum atomic E-state index is 12.5. The molecule has 1 aromatic carbocycles. The molecule has 28 heavy (non-hydrogen) atoms. The molecule has 0 saturated carbocycles. The Kier molecular flexibility index (Phi) is 7.50. The largest absolute Gasteiger partial charge is 0.416 e. The van der Waals surface area contributed by atoms with Crippen LogP contribution >= 0.6 is 0 Å². The molecule has 0 aliphatic carbocycles. The maximum Gasteiger partial charge on any atom is 0.416 e. The Morgan fingerprint density at radius 2 is 1.86 bits per heavy atom. The minimum atomic E-state index is -4.34. The van der Waals surface area contributed by atoms with Crippen molar-refractivity contribution in [2.24, 2.45) is 4.99 Å². The summed E-state index contributed by atoms with van der Waals surface area (Å²) in [5, 5.41) is 10.3. The number of aryl methyl sites for hydroxylation is 2. The third-order valence-corrected chi connectivity index (χ3v) is 4.05. The summed E-state index contributed by atoms with van der Waals surface area (Å²) in [7, 11) is 1.65. The van der Waals surface area contributed by atoms with Gasteiger partial charge in [-0.2, -0.15) is 13.2 Å². The first kappa shape index (κ1) is 21.4. The molecule has 0 unspecified atom stereocenters. The maximum absolute atomic E-state index is 12.5. The third kappa shape index (κ3) is 5.78. The molecule has 0 radical (unpaired) electrons. The Balaban J connectivity index is 1.89. The van der Waals surface area contributed by atoms with Crippen LogP contribution in [-0.2, 0) is 25.6 Å². The van der Waals surface area contributed by atoms with E-state index in [1.165, 1.54) is 12.1 Å². The Bertz CT molecular complexity index is 837. The smallest absolute Gasteiger partial charge is 0.361 e. The van der Waals surface area contributed by atoms with E-state index in [0.717, 1.165) is 42.0 Å². The molecule has 0 spiro atoms. The second-order valence-corrected chi connectivity index (χ2v) is 5.89. The van der Waals surface area contributed by atoms with Gasteiger partial charge < -0.3 is 15.2 Å². The van der Waals surface area contributed by atoms with E-state index in [4.69, 9.17) is 4.52 Å². The lowest BCUT2D eigenvalue weighted by molar-refractivity contribution is -0.137. The molecule has 5 nitrogen and oxygen atoms in total. The van der Waals surface area contributed by atoms with E-state index in [-0.39, 0.29) is 0 Å². The fourth-order valence-corrected chi connectivity index (χ4v) is 2.55. The van der Waals surface area contributed by atoms with E-state index in [2.05, 4.69) is 32.6 Å². The van der Waals surface area contributed by atoms with Gasteiger partial charge in [-0.1, -0.05) is 30.8 Å². The number of hydrogen-bond acceptors (Lipinski definition) is 3. The average Bonchev–Trinajstić information content (AvgIpc) is 3.09. The van der Waals surface area contributed by atoms with E-state index < -0.39 is 11.7 Å². The average molecular weight is 392 g/mol. The number of nitrogens with zero attached hydrogens (tertiary/aromatic N) is 2. The first-order valence-corrected chi connectivity index (χ1v) is 8.95. The van der Waals surface area contributed by atoms with Crippen molar-refractivity contribution in [2.75, 3.05) is 13.6 Å². The van der Waals surface area contributed by atoms with Crippen LogP contribution < -0.4 is 10.6 Å². The minimum Gasteiger partial charge on any atom is -0.361 e. The zero-order valence-electron chi connectivity index (χ0n) is 16.1. The summed E-state index contributed by atoms with van der Waals surface area (Å²) in [6.07, 6.45) is -2.80. The molecule has 0 fully saturated rings. The third-order valence-electron chi connectivity index (χ3n) is 4.05. The van der Waals surface area contributed by atoms with E-state index in [0.29, 0.717) is 24.6 Å². The number of rotatable bonds is 5. The van der Waals surface area contributed by atoms with Gasteiger partial charge >= 0.3 is 6.18 Å². The molecule has 0 atom stereocenters. The monoisotopic (exact) mass is 392 g/mol. The lowest BCUT2D eigenvalue weighted by Crippen LogP contribution is -2.37. The summed E-state index contributed by atoms with van der Waals surface area (Å²) in [5.74, 6) is 7.10. The zero-order chi connectivity index (χ0) is 20.6. The second-order valence-electron chi connectivity index (χ2n) is 5.89. The van der Waals surface area contributed by atoms with Gasteiger partial charge in [0.05, 0.1) is 17.8 Å². The van der Waals surface area contributed by atoms with Crippen LogP contribution in [0.15, 0.2) is 33.8 Å². The summed E-state index contributed by atoms with van der Waals surface area (Å²) >= 11 is 0. The Hall–Kier alpha value is -2.95. The highest BCUT2D eigenvalue weighted by atomic mass is 19.4. The predicted octanol–water partition coefficient (Wildman–Crippen LogP) is 3.53. The Morgan fingerprint density at radius 3 is 2.43 bits per heavy atom. The molecule has 1 heterocycles. The van der Waals surface area contributed by atoms with Gasteiger partial charge in [0.2, 0.25) is 0 Å². The van der Waals surface area contributed by atoms with Crippen LogP contribution in [0.1, 0.15) is 42.0 Å². The second kappa shape index (κ2) is 9.83.